The van der Waals surface area contributed by atoms with Crippen molar-refractivity contribution in [2.75, 3.05) is 11.5 Å². The summed E-state index contributed by atoms with van der Waals surface area (Å²) in [4.78, 5) is 0. The first-order chi connectivity index (χ1) is 6.59. The molecule has 76 valence electrons. The van der Waals surface area contributed by atoms with Crippen LogP contribution >= 0.6 is 11.6 Å². The molecule has 0 radical (unpaired) electrons. The summed E-state index contributed by atoms with van der Waals surface area (Å²) < 4.78 is 16.2. The van der Waals surface area contributed by atoms with Crippen molar-refractivity contribution in [1.82, 2.24) is 0 Å². The maximum Gasteiger partial charge on any atom is 0.0760 e. The Morgan fingerprint density at radius 2 is 2.14 bits per heavy atom. The highest BCUT2D eigenvalue weighted by atomic mass is 35.5. The highest BCUT2D eigenvalue weighted by Crippen LogP contribution is 2.26. The zero-order valence-corrected chi connectivity index (χ0v) is 9.57. The van der Waals surface area contributed by atoms with Crippen molar-refractivity contribution in [3.8, 4) is 0 Å². The van der Waals surface area contributed by atoms with Gasteiger partial charge in [0.05, 0.1) is 15.4 Å². The van der Waals surface area contributed by atoms with Gasteiger partial charge in [0.15, 0.2) is 0 Å². The third-order valence-corrected chi connectivity index (χ3v) is 4.97. The second-order valence-corrected chi connectivity index (χ2v) is 6.54. The van der Waals surface area contributed by atoms with E-state index >= 15 is 0 Å². The van der Waals surface area contributed by atoms with Crippen LogP contribution in [-0.4, -0.2) is 15.7 Å². The second-order valence-electron chi connectivity index (χ2n) is 3.56. The molecule has 2 rings (SSSR count). The number of rotatable bonds is 1. The number of hydrogen-bond donors (Lipinski definition) is 0. The van der Waals surface area contributed by atoms with E-state index in [0.717, 1.165) is 29.2 Å². The first-order valence-electron chi connectivity index (χ1n) is 4.58. The van der Waals surface area contributed by atoms with Crippen LogP contribution < -0.4 is 0 Å². The van der Waals surface area contributed by atoms with Crippen molar-refractivity contribution < 1.29 is 4.21 Å². The van der Waals surface area contributed by atoms with E-state index in [1.54, 1.807) is 6.07 Å². The fourth-order valence-electron chi connectivity index (χ4n) is 1.38. The number of benzene rings is 1. The van der Waals surface area contributed by atoms with Crippen molar-refractivity contribution in [3.05, 3.63) is 28.8 Å². The fourth-order valence-corrected chi connectivity index (χ4v) is 3.14. The lowest BCUT2D eigenvalue weighted by atomic mass is 10.2. The first-order valence-corrected chi connectivity index (χ1v) is 6.81. The van der Waals surface area contributed by atoms with Crippen LogP contribution in [0.15, 0.2) is 22.6 Å². The van der Waals surface area contributed by atoms with Crippen molar-refractivity contribution >= 4 is 27.0 Å². The average Bonchev–Trinajstić information content (AvgIpc) is 2.07. The third-order valence-electron chi connectivity index (χ3n) is 2.35. The molecule has 0 spiro atoms. The minimum Gasteiger partial charge on any atom is -0.249 e. The fraction of sp³-hybridized carbons (Fsp3) is 0.400. The Morgan fingerprint density at radius 1 is 1.43 bits per heavy atom. The van der Waals surface area contributed by atoms with Crippen molar-refractivity contribution in [2.45, 2.75) is 13.3 Å². The predicted molar refractivity (Wildman–Crippen MR) is 60.8 cm³/mol. The summed E-state index contributed by atoms with van der Waals surface area (Å²) in [7, 11) is -1.90. The summed E-state index contributed by atoms with van der Waals surface area (Å²) in [6.45, 7) is 1.94. The summed E-state index contributed by atoms with van der Waals surface area (Å²) in [6, 6.07) is 5.47. The molecule has 0 saturated carbocycles. The van der Waals surface area contributed by atoms with E-state index in [0.29, 0.717) is 5.02 Å². The van der Waals surface area contributed by atoms with Gasteiger partial charge in [-0.2, -0.15) is 4.36 Å². The molecule has 0 unspecified atom stereocenters. The maximum atomic E-state index is 11.8. The zero-order valence-electron chi connectivity index (χ0n) is 8.00. The van der Waals surface area contributed by atoms with Crippen molar-refractivity contribution in [2.24, 2.45) is 4.36 Å². The lowest BCUT2D eigenvalue weighted by molar-refractivity contribution is 0.663. The van der Waals surface area contributed by atoms with Crippen molar-refractivity contribution in [1.29, 1.82) is 0 Å². The first kappa shape index (κ1) is 9.99. The number of hydrogen-bond acceptors (Lipinski definition) is 2. The highest BCUT2D eigenvalue weighted by molar-refractivity contribution is 7.95. The van der Waals surface area contributed by atoms with E-state index in [4.69, 9.17) is 11.6 Å². The molecule has 1 fully saturated rings. The van der Waals surface area contributed by atoms with E-state index in [1.165, 1.54) is 0 Å². The molecule has 1 heterocycles. The van der Waals surface area contributed by atoms with Crippen LogP contribution in [0.3, 0.4) is 0 Å². The summed E-state index contributed by atoms with van der Waals surface area (Å²) >= 11 is 5.82. The van der Waals surface area contributed by atoms with Crippen LogP contribution in [0.5, 0.6) is 0 Å². The zero-order chi connectivity index (χ0) is 10.2. The molecule has 1 aliphatic rings. The molecule has 1 aromatic carbocycles. The largest absolute Gasteiger partial charge is 0.249 e. The van der Waals surface area contributed by atoms with E-state index in [9.17, 15) is 4.21 Å². The van der Waals surface area contributed by atoms with Gasteiger partial charge in [0.25, 0.3) is 0 Å². The van der Waals surface area contributed by atoms with Crippen LogP contribution in [0.1, 0.15) is 12.0 Å². The Morgan fingerprint density at radius 3 is 2.64 bits per heavy atom. The van der Waals surface area contributed by atoms with Gasteiger partial charge < -0.3 is 0 Å². The molecule has 4 heteroatoms. The van der Waals surface area contributed by atoms with Gasteiger partial charge in [0, 0.05) is 16.5 Å². The lowest BCUT2D eigenvalue weighted by Crippen LogP contribution is -2.23. The molecule has 0 bridgehead atoms. The van der Waals surface area contributed by atoms with Crippen molar-refractivity contribution in [3.63, 3.8) is 0 Å². The van der Waals surface area contributed by atoms with E-state index < -0.39 is 9.73 Å². The molecule has 14 heavy (non-hydrogen) atoms. The number of aryl methyl sites for hydroxylation is 1. The third kappa shape index (κ3) is 1.93. The minimum atomic E-state index is -1.90. The summed E-state index contributed by atoms with van der Waals surface area (Å²) in [5.41, 5.74) is 1.81. The van der Waals surface area contributed by atoms with Crippen LogP contribution in [0.2, 0.25) is 5.02 Å². The summed E-state index contributed by atoms with van der Waals surface area (Å²) in [5, 5.41) is 0.699. The number of nitrogens with zero attached hydrogens (tertiary/aromatic N) is 1. The van der Waals surface area contributed by atoms with Crippen LogP contribution in [0.4, 0.5) is 5.69 Å². The van der Waals surface area contributed by atoms with Gasteiger partial charge >= 0.3 is 0 Å². The SMILES string of the molecule is Cc1cc(Cl)ccc1N=S1(=O)CCC1. The predicted octanol–water partition coefficient (Wildman–Crippen LogP) is 3.15. The van der Waals surface area contributed by atoms with E-state index in [2.05, 4.69) is 4.36 Å². The Labute approximate surface area is 89.5 Å². The molecule has 0 amide bonds. The van der Waals surface area contributed by atoms with Gasteiger partial charge in [-0.25, -0.2) is 4.21 Å². The molecule has 2 nitrogen and oxygen atoms in total. The molecule has 0 N–H and O–H groups in total. The minimum absolute atomic E-state index is 0.699. The number of halogens is 1. The quantitative estimate of drug-likeness (QED) is 0.728. The Hall–Kier alpha value is -0.540. The Bertz CT molecular complexity index is 465. The normalized spacial score (nSPS) is 18.7. The van der Waals surface area contributed by atoms with Crippen LogP contribution in [0, 0.1) is 6.92 Å². The summed E-state index contributed by atoms with van der Waals surface area (Å²) in [5.74, 6) is 1.49. The average molecular weight is 230 g/mol. The molecule has 0 atom stereocenters. The van der Waals surface area contributed by atoms with E-state index in [1.807, 2.05) is 19.1 Å². The molecular weight excluding hydrogens is 218 g/mol. The van der Waals surface area contributed by atoms with Gasteiger partial charge in [0.1, 0.15) is 0 Å². The smallest absolute Gasteiger partial charge is 0.0760 e. The van der Waals surface area contributed by atoms with Gasteiger partial charge in [-0.1, -0.05) is 11.6 Å². The Kier molecular flexibility index (Phi) is 2.54. The molecule has 1 aliphatic heterocycles. The molecule has 1 aromatic rings. The molecule has 1 saturated heterocycles. The highest BCUT2D eigenvalue weighted by Gasteiger charge is 2.19. The monoisotopic (exact) mass is 229 g/mol. The lowest BCUT2D eigenvalue weighted by Gasteiger charge is -2.18. The maximum absolute atomic E-state index is 11.8. The van der Waals surface area contributed by atoms with Gasteiger partial charge in [-0.3, -0.25) is 0 Å². The molecule has 0 aliphatic carbocycles. The van der Waals surface area contributed by atoms with E-state index in [-0.39, 0.29) is 0 Å². The van der Waals surface area contributed by atoms with Crippen LogP contribution in [0.25, 0.3) is 0 Å². The molecular formula is C10H12ClNOS. The molecule has 0 aromatic heterocycles. The Balaban J connectivity index is 2.43. The summed E-state index contributed by atoms with van der Waals surface area (Å²) in [6.07, 6.45) is 1.04. The van der Waals surface area contributed by atoms with Gasteiger partial charge in [-0.15, -0.1) is 0 Å². The second kappa shape index (κ2) is 3.55. The standard InChI is InChI=1S/C10H12ClNOS/c1-8-7-9(11)3-4-10(8)12-14(13)5-2-6-14/h3-4,7H,2,5-6H2,1H3. The van der Waals surface area contributed by atoms with Gasteiger partial charge in [0.2, 0.25) is 0 Å². The van der Waals surface area contributed by atoms with Crippen LogP contribution in [-0.2, 0) is 9.73 Å². The topological polar surface area (TPSA) is 29.4 Å². The van der Waals surface area contributed by atoms with Gasteiger partial charge in [-0.05, 0) is 37.1 Å².